The van der Waals surface area contributed by atoms with E-state index in [4.69, 9.17) is 9.47 Å². The van der Waals surface area contributed by atoms with Crippen molar-refractivity contribution in [1.29, 1.82) is 0 Å². The van der Waals surface area contributed by atoms with E-state index in [1.807, 2.05) is 0 Å². The van der Waals surface area contributed by atoms with Crippen LogP contribution in [0.4, 0.5) is 0 Å². The second kappa shape index (κ2) is 7.80. The number of ether oxygens (including phenoxy) is 2. The number of H-pyrrole nitrogens is 1. The summed E-state index contributed by atoms with van der Waals surface area (Å²) in [6, 6.07) is 4.98. The van der Waals surface area contributed by atoms with E-state index >= 15 is 0 Å². The highest BCUT2D eigenvalue weighted by atomic mass is 32.2. The van der Waals surface area contributed by atoms with Crippen LogP contribution >= 0.6 is 0 Å². The Labute approximate surface area is 164 Å². The molecule has 28 heavy (non-hydrogen) atoms. The van der Waals surface area contributed by atoms with Gasteiger partial charge in [-0.15, -0.1) is 0 Å². The SMILES string of the molecule is COc1ccc(C(=O)N2CCN(S(=O)(=O)c3c(C)n[nH]c3C)CC2)cc1OC. The van der Waals surface area contributed by atoms with Gasteiger partial charge < -0.3 is 14.4 Å². The number of carbonyl (C=O) groups is 1. The Balaban J connectivity index is 1.73. The molecule has 2 heterocycles. The molecule has 0 radical (unpaired) electrons. The number of nitrogens with one attached hydrogen (secondary N) is 1. The molecule has 0 aliphatic carbocycles. The molecule has 1 amide bonds. The Hall–Kier alpha value is -2.59. The third-order valence-electron chi connectivity index (χ3n) is 4.81. The number of aromatic nitrogens is 2. The number of methoxy groups -OCH3 is 2. The van der Waals surface area contributed by atoms with Crippen LogP contribution < -0.4 is 9.47 Å². The second-order valence-corrected chi connectivity index (χ2v) is 8.40. The van der Waals surface area contributed by atoms with Crippen molar-refractivity contribution in [3.8, 4) is 11.5 Å². The molecule has 152 valence electrons. The summed E-state index contributed by atoms with van der Waals surface area (Å²) in [6.07, 6.45) is 0. The lowest BCUT2D eigenvalue weighted by molar-refractivity contribution is 0.0697. The van der Waals surface area contributed by atoms with E-state index in [9.17, 15) is 13.2 Å². The number of nitrogens with zero attached hydrogens (tertiary/aromatic N) is 3. The van der Waals surface area contributed by atoms with E-state index in [1.165, 1.54) is 18.5 Å². The molecule has 3 rings (SSSR count). The van der Waals surface area contributed by atoms with Crippen molar-refractivity contribution in [3.63, 3.8) is 0 Å². The number of benzene rings is 1. The quantitative estimate of drug-likeness (QED) is 0.797. The molecule has 1 aromatic heterocycles. The van der Waals surface area contributed by atoms with E-state index in [0.29, 0.717) is 41.5 Å². The van der Waals surface area contributed by atoms with E-state index in [0.717, 1.165) is 0 Å². The molecule has 1 saturated heterocycles. The predicted octanol–water partition coefficient (Wildman–Crippen LogP) is 1.19. The van der Waals surface area contributed by atoms with Crippen LogP contribution in [0.15, 0.2) is 23.1 Å². The minimum atomic E-state index is -3.65. The van der Waals surface area contributed by atoms with E-state index < -0.39 is 10.0 Å². The van der Waals surface area contributed by atoms with Crippen LogP contribution in [-0.4, -0.2) is 74.1 Å². The highest BCUT2D eigenvalue weighted by Gasteiger charge is 2.33. The van der Waals surface area contributed by atoms with Crippen LogP contribution in [0.5, 0.6) is 11.5 Å². The Bertz CT molecular complexity index is 958. The Morgan fingerprint density at radius 3 is 2.25 bits per heavy atom. The fraction of sp³-hybridized carbons (Fsp3) is 0.444. The summed E-state index contributed by atoms with van der Waals surface area (Å²) in [7, 11) is -0.609. The maximum absolute atomic E-state index is 12.9. The molecule has 1 N–H and O–H groups in total. The van der Waals surface area contributed by atoms with Gasteiger partial charge in [0.25, 0.3) is 5.91 Å². The summed E-state index contributed by atoms with van der Waals surface area (Å²) in [5, 5.41) is 6.68. The van der Waals surface area contributed by atoms with Gasteiger partial charge >= 0.3 is 0 Å². The lowest BCUT2D eigenvalue weighted by Gasteiger charge is -2.34. The lowest BCUT2D eigenvalue weighted by atomic mass is 10.1. The maximum atomic E-state index is 12.9. The molecule has 1 aliphatic heterocycles. The average Bonchev–Trinajstić information content (AvgIpc) is 3.05. The molecule has 10 heteroatoms. The number of piperazine rings is 1. The first-order chi connectivity index (χ1) is 13.3. The van der Waals surface area contributed by atoms with E-state index in [2.05, 4.69) is 10.2 Å². The maximum Gasteiger partial charge on any atom is 0.254 e. The molecule has 0 atom stereocenters. The van der Waals surface area contributed by atoms with Crippen LogP contribution in [0, 0.1) is 13.8 Å². The molecule has 9 nitrogen and oxygen atoms in total. The van der Waals surface area contributed by atoms with Crippen molar-refractivity contribution in [2.75, 3.05) is 40.4 Å². The molecule has 0 unspecified atom stereocenters. The number of hydrogen-bond donors (Lipinski definition) is 1. The molecule has 1 fully saturated rings. The van der Waals surface area contributed by atoms with Gasteiger partial charge in [0.15, 0.2) is 11.5 Å². The van der Waals surface area contributed by atoms with Crippen LogP contribution in [0.25, 0.3) is 0 Å². The Morgan fingerprint density at radius 1 is 1.07 bits per heavy atom. The van der Waals surface area contributed by atoms with Crippen molar-refractivity contribution >= 4 is 15.9 Å². The van der Waals surface area contributed by atoms with Gasteiger partial charge in [-0.05, 0) is 32.0 Å². The number of hydrogen-bond acceptors (Lipinski definition) is 6. The monoisotopic (exact) mass is 408 g/mol. The number of aryl methyl sites for hydroxylation is 2. The third-order valence-corrected chi connectivity index (χ3v) is 6.98. The molecule has 2 aromatic rings. The minimum Gasteiger partial charge on any atom is -0.493 e. The van der Waals surface area contributed by atoms with Crippen molar-refractivity contribution in [3.05, 3.63) is 35.2 Å². The summed E-state index contributed by atoms with van der Waals surface area (Å²) < 4.78 is 37.7. The summed E-state index contributed by atoms with van der Waals surface area (Å²) in [5.41, 5.74) is 1.43. The number of rotatable bonds is 5. The highest BCUT2D eigenvalue weighted by Crippen LogP contribution is 2.28. The number of sulfonamides is 1. The van der Waals surface area contributed by atoms with Gasteiger partial charge in [-0.2, -0.15) is 9.40 Å². The first-order valence-electron chi connectivity index (χ1n) is 8.82. The van der Waals surface area contributed by atoms with Gasteiger partial charge in [0.1, 0.15) is 4.90 Å². The second-order valence-electron chi connectivity index (χ2n) is 6.53. The summed E-state index contributed by atoms with van der Waals surface area (Å²) >= 11 is 0. The minimum absolute atomic E-state index is 0.173. The van der Waals surface area contributed by atoms with Gasteiger partial charge in [0, 0.05) is 31.7 Å². The predicted molar refractivity (Wildman–Crippen MR) is 102 cm³/mol. The fourth-order valence-electron chi connectivity index (χ4n) is 3.33. The van der Waals surface area contributed by atoms with Crippen molar-refractivity contribution in [1.82, 2.24) is 19.4 Å². The van der Waals surface area contributed by atoms with Crippen LogP contribution in [-0.2, 0) is 10.0 Å². The van der Waals surface area contributed by atoms with Gasteiger partial charge in [-0.1, -0.05) is 0 Å². The Morgan fingerprint density at radius 2 is 1.71 bits per heavy atom. The zero-order valence-electron chi connectivity index (χ0n) is 16.4. The van der Waals surface area contributed by atoms with Crippen LogP contribution in [0.3, 0.4) is 0 Å². The van der Waals surface area contributed by atoms with Crippen molar-refractivity contribution in [2.24, 2.45) is 0 Å². The highest BCUT2D eigenvalue weighted by molar-refractivity contribution is 7.89. The topological polar surface area (TPSA) is 105 Å². The van der Waals surface area contributed by atoms with Crippen molar-refractivity contribution in [2.45, 2.75) is 18.7 Å². The molecular formula is C18H24N4O5S. The largest absolute Gasteiger partial charge is 0.493 e. The van der Waals surface area contributed by atoms with Crippen LogP contribution in [0.1, 0.15) is 21.7 Å². The molecule has 0 saturated carbocycles. The smallest absolute Gasteiger partial charge is 0.254 e. The number of carbonyl (C=O) groups excluding carboxylic acids is 1. The van der Waals surface area contributed by atoms with E-state index in [-0.39, 0.29) is 23.9 Å². The molecule has 0 bridgehead atoms. The lowest BCUT2D eigenvalue weighted by Crippen LogP contribution is -2.50. The third kappa shape index (κ3) is 3.57. The van der Waals surface area contributed by atoms with E-state index in [1.54, 1.807) is 36.9 Å². The van der Waals surface area contributed by atoms with Gasteiger partial charge in [-0.3, -0.25) is 9.89 Å². The molecule has 0 spiro atoms. The fourth-order valence-corrected chi connectivity index (χ4v) is 5.09. The molecule has 1 aromatic carbocycles. The van der Waals surface area contributed by atoms with Gasteiger partial charge in [0.2, 0.25) is 10.0 Å². The van der Waals surface area contributed by atoms with Gasteiger partial charge in [0.05, 0.1) is 25.6 Å². The van der Waals surface area contributed by atoms with Crippen molar-refractivity contribution < 1.29 is 22.7 Å². The number of aromatic amines is 1. The van der Waals surface area contributed by atoms with Gasteiger partial charge in [-0.25, -0.2) is 8.42 Å². The number of amides is 1. The zero-order chi connectivity index (χ0) is 20.5. The molecular weight excluding hydrogens is 384 g/mol. The summed E-state index contributed by atoms with van der Waals surface area (Å²) in [5.74, 6) is 0.843. The normalized spacial score (nSPS) is 15.5. The first kappa shape index (κ1) is 20.2. The zero-order valence-corrected chi connectivity index (χ0v) is 17.2. The molecule has 1 aliphatic rings. The summed E-state index contributed by atoms with van der Waals surface area (Å²) in [6.45, 7) is 4.42. The standard InChI is InChI=1S/C18H24N4O5S/c1-12-17(13(2)20-19-12)28(24,25)22-9-7-21(8-10-22)18(23)14-5-6-15(26-3)16(11-14)27-4/h5-6,11H,7-10H2,1-4H3,(H,19,20). The first-order valence-corrected chi connectivity index (χ1v) is 10.3. The summed E-state index contributed by atoms with van der Waals surface area (Å²) in [4.78, 5) is 14.7. The van der Waals surface area contributed by atoms with Crippen LogP contribution in [0.2, 0.25) is 0 Å². The average molecular weight is 408 g/mol. The Kier molecular flexibility index (Phi) is 5.61.